The summed E-state index contributed by atoms with van der Waals surface area (Å²) in [7, 11) is 0. The molecule has 0 fully saturated rings. The van der Waals surface area contributed by atoms with Crippen molar-refractivity contribution >= 4 is 5.65 Å². The Morgan fingerprint density at radius 1 is 1.43 bits per heavy atom. The Bertz CT molecular complexity index is 407. The van der Waals surface area contributed by atoms with Crippen molar-refractivity contribution in [2.24, 2.45) is 0 Å². The fourth-order valence-electron chi connectivity index (χ4n) is 1.52. The van der Waals surface area contributed by atoms with Gasteiger partial charge < -0.3 is 9.51 Å². The van der Waals surface area contributed by atoms with E-state index < -0.39 is 5.60 Å². The van der Waals surface area contributed by atoms with Crippen LogP contribution in [-0.4, -0.2) is 20.1 Å². The fraction of sp³-hybridized carbons (Fsp3) is 0.364. The summed E-state index contributed by atoms with van der Waals surface area (Å²) in [6.45, 7) is 3.58. The van der Waals surface area contributed by atoms with E-state index in [1.807, 2.05) is 35.0 Å². The molecule has 2 aromatic heterocycles. The molecule has 0 unspecified atom stereocenters. The van der Waals surface area contributed by atoms with Crippen molar-refractivity contribution in [1.82, 2.24) is 9.38 Å². The van der Waals surface area contributed by atoms with Gasteiger partial charge in [0.1, 0.15) is 5.65 Å². The summed E-state index contributed by atoms with van der Waals surface area (Å²) in [5.41, 5.74) is 1.15. The Labute approximate surface area is 83.0 Å². The first-order valence-electron chi connectivity index (χ1n) is 4.70. The minimum Gasteiger partial charge on any atom is -0.390 e. The maximum atomic E-state index is 9.65. The maximum Gasteiger partial charge on any atom is 0.136 e. The van der Waals surface area contributed by atoms with Crippen LogP contribution in [0.15, 0.2) is 30.6 Å². The summed E-state index contributed by atoms with van der Waals surface area (Å²) in [4.78, 5) is 4.40. The predicted octanol–water partition coefficient (Wildman–Crippen LogP) is 1.65. The van der Waals surface area contributed by atoms with Crippen LogP contribution in [0, 0.1) is 0 Å². The molecule has 0 aliphatic carbocycles. The van der Waals surface area contributed by atoms with Crippen molar-refractivity contribution < 1.29 is 5.11 Å². The first kappa shape index (κ1) is 9.21. The number of aromatic nitrogens is 2. The summed E-state index contributed by atoms with van der Waals surface area (Å²) >= 11 is 0. The van der Waals surface area contributed by atoms with Gasteiger partial charge in [-0.3, -0.25) is 0 Å². The molecule has 0 amide bonds. The minimum absolute atomic E-state index is 0.578. The maximum absolute atomic E-state index is 9.65. The number of hydrogen-bond acceptors (Lipinski definition) is 2. The smallest absolute Gasteiger partial charge is 0.136 e. The molecule has 2 heterocycles. The van der Waals surface area contributed by atoms with Crippen LogP contribution in [0.3, 0.4) is 0 Å². The highest BCUT2D eigenvalue weighted by Crippen LogP contribution is 2.12. The van der Waals surface area contributed by atoms with Crippen LogP contribution < -0.4 is 0 Å². The van der Waals surface area contributed by atoms with Crippen molar-refractivity contribution in [1.29, 1.82) is 0 Å². The van der Waals surface area contributed by atoms with E-state index in [0.29, 0.717) is 6.42 Å². The molecule has 74 valence electrons. The van der Waals surface area contributed by atoms with Crippen molar-refractivity contribution in [2.75, 3.05) is 0 Å². The normalized spacial score (nSPS) is 12.2. The number of fused-ring (bicyclic) bond motifs is 1. The number of hydrogen-bond donors (Lipinski definition) is 1. The topological polar surface area (TPSA) is 37.5 Å². The quantitative estimate of drug-likeness (QED) is 0.781. The molecule has 0 aliphatic heterocycles. The van der Waals surface area contributed by atoms with E-state index in [9.17, 15) is 5.11 Å². The lowest BCUT2D eigenvalue weighted by molar-refractivity contribution is 0.0801. The highest BCUT2D eigenvalue weighted by Gasteiger charge is 2.15. The average Bonchev–Trinajstić information content (AvgIpc) is 2.42. The van der Waals surface area contributed by atoms with E-state index in [4.69, 9.17) is 0 Å². The third-order valence-electron chi connectivity index (χ3n) is 2.03. The van der Waals surface area contributed by atoms with E-state index in [2.05, 4.69) is 4.98 Å². The Hall–Kier alpha value is -1.35. The summed E-state index contributed by atoms with van der Waals surface area (Å²) in [5, 5.41) is 9.65. The highest BCUT2D eigenvalue weighted by molar-refractivity contribution is 5.39. The monoisotopic (exact) mass is 190 g/mol. The number of pyridine rings is 1. The van der Waals surface area contributed by atoms with Gasteiger partial charge in [0.2, 0.25) is 0 Å². The Kier molecular flexibility index (Phi) is 2.04. The van der Waals surface area contributed by atoms with Crippen LogP contribution in [-0.2, 0) is 6.42 Å². The second-order valence-electron chi connectivity index (χ2n) is 4.19. The molecular formula is C11H14N2O. The second-order valence-corrected chi connectivity index (χ2v) is 4.19. The van der Waals surface area contributed by atoms with E-state index in [1.54, 1.807) is 13.8 Å². The van der Waals surface area contributed by atoms with Gasteiger partial charge in [-0.1, -0.05) is 6.07 Å². The first-order valence-corrected chi connectivity index (χ1v) is 4.70. The van der Waals surface area contributed by atoms with E-state index in [0.717, 1.165) is 11.3 Å². The molecular weight excluding hydrogens is 176 g/mol. The molecule has 0 saturated heterocycles. The van der Waals surface area contributed by atoms with Gasteiger partial charge >= 0.3 is 0 Å². The number of rotatable bonds is 2. The largest absolute Gasteiger partial charge is 0.390 e. The van der Waals surface area contributed by atoms with Gasteiger partial charge in [-0.25, -0.2) is 4.98 Å². The van der Waals surface area contributed by atoms with Crippen molar-refractivity contribution in [3.05, 3.63) is 36.3 Å². The molecule has 0 spiro atoms. The number of aliphatic hydroxyl groups is 1. The molecule has 14 heavy (non-hydrogen) atoms. The third-order valence-corrected chi connectivity index (χ3v) is 2.03. The van der Waals surface area contributed by atoms with Gasteiger partial charge in [0.25, 0.3) is 0 Å². The van der Waals surface area contributed by atoms with Gasteiger partial charge in [-0.2, -0.15) is 0 Å². The molecule has 2 rings (SSSR count). The zero-order valence-corrected chi connectivity index (χ0v) is 8.44. The van der Waals surface area contributed by atoms with Gasteiger partial charge in [0.05, 0.1) is 11.3 Å². The lowest BCUT2D eigenvalue weighted by Crippen LogP contribution is -2.21. The predicted molar refractivity (Wildman–Crippen MR) is 55.2 cm³/mol. The summed E-state index contributed by atoms with van der Waals surface area (Å²) in [6.07, 6.45) is 4.48. The molecule has 0 aromatic carbocycles. The standard InChI is InChI=1S/C11H14N2O/c1-11(2,14)7-9-8-13-6-4-3-5-10(13)12-9/h3-6,8,14H,7H2,1-2H3. The summed E-state index contributed by atoms with van der Waals surface area (Å²) in [5.74, 6) is 0. The van der Waals surface area contributed by atoms with E-state index in [-0.39, 0.29) is 0 Å². The molecule has 0 radical (unpaired) electrons. The Morgan fingerprint density at radius 2 is 2.21 bits per heavy atom. The Balaban J connectivity index is 2.36. The van der Waals surface area contributed by atoms with Crippen LogP contribution in [0.25, 0.3) is 5.65 Å². The van der Waals surface area contributed by atoms with Gasteiger partial charge in [-0.05, 0) is 26.0 Å². The van der Waals surface area contributed by atoms with Gasteiger partial charge in [-0.15, -0.1) is 0 Å². The molecule has 0 saturated carbocycles. The van der Waals surface area contributed by atoms with Gasteiger partial charge in [0.15, 0.2) is 0 Å². The highest BCUT2D eigenvalue weighted by atomic mass is 16.3. The molecule has 0 aliphatic rings. The van der Waals surface area contributed by atoms with Crippen LogP contribution in [0.1, 0.15) is 19.5 Å². The second kappa shape index (κ2) is 3.10. The minimum atomic E-state index is -0.696. The molecule has 0 atom stereocenters. The Morgan fingerprint density at radius 3 is 2.86 bits per heavy atom. The van der Waals surface area contributed by atoms with Crippen LogP contribution in [0.2, 0.25) is 0 Å². The van der Waals surface area contributed by atoms with Crippen LogP contribution in [0.5, 0.6) is 0 Å². The molecule has 0 bridgehead atoms. The van der Waals surface area contributed by atoms with Crippen LogP contribution >= 0.6 is 0 Å². The number of nitrogens with zero attached hydrogens (tertiary/aromatic N) is 2. The molecule has 3 nitrogen and oxygen atoms in total. The van der Waals surface area contributed by atoms with E-state index in [1.165, 1.54) is 0 Å². The lowest BCUT2D eigenvalue weighted by Gasteiger charge is -2.14. The SMILES string of the molecule is CC(C)(O)Cc1cn2ccccc2n1. The molecule has 1 N–H and O–H groups in total. The summed E-state index contributed by atoms with van der Waals surface area (Å²) < 4.78 is 1.96. The average molecular weight is 190 g/mol. The zero-order chi connectivity index (χ0) is 10.2. The zero-order valence-electron chi connectivity index (χ0n) is 8.44. The third kappa shape index (κ3) is 1.93. The fourth-order valence-corrected chi connectivity index (χ4v) is 1.52. The molecule has 3 heteroatoms. The van der Waals surface area contributed by atoms with Crippen LogP contribution in [0.4, 0.5) is 0 Å². The summed E-state index contributed by atoms with van der Waals surface area (Å²) in [6, 6.07) is 5.87. The van der Waals surface area contributed by atoms with Crippen molar-refractivity contribution in [2.45, 2.75) is 25.9 Å². The number of imidazole rings is 1. The molecule has 2 aromatic rings. The lowest BCUT2D eigenvalue weighted by atomic mass is 10.0. The first-order chi connectivity index (χ1) is 6.54. The van der Waals surface area contributed by atoms with E-state index >= 15 is 0 Å². The van der Waals surface area contributed by atoms with Gasteiger partial charge in [0, 0.05) is 18.8 Å². The van der Waals surface area contributed by atoms with Crippen molar-refractivity contribution in [3.63, 3.8) is 0 Å². The van der Waals surface area contributed by atoms with Crippen molar-refractivity contribution in [3.8, 4) is 0 Å².